The van der Waals surface area contributed by atoms with Gasteiger partial charge in [0.1, 0.15) is 6.10 Å². The van der Waals surface area contributed by atoms with Crippen molar-refractivity contribution in [1.29, 1.82) is 0 Å². The van der Waals surface area contributed by atoms with Gasteiger partial charge in [0.05, 0.1) is 30.2 Å². The fourth-order valence-corrected chi connectivity index (χ4v) is 3.24. The lowest BCUT2D eigenvalue weighted by molar-refractivity contribution is -0.150. The number of carbonyl (C=O) groups excluding carboxylic acids is 2. The quantitative estimate of drug-likeness (QED) is 0.531. The summed E-state index contributed by atoms with van der Waals surface area (Å²) in [5.74, 6) is 0.389. The first-order valence-electron chi connectivity index (χ1n) is 8.29. The van der Waals surface area contributed by atoms with E-state index in [4.69, 9.17) is 37.4 Å². The molecule has 27 heavy (non-hydrogen) atoms. The standard InChI is InChI=1S/C19H17Cl2NO5/c1-25-17-3-2-11(6-18(17)27-12-4-5-26-19(24)7-12)16(23)8-13-14(20)9-22-10-15(13)21/h2-3,6,9-10,12H,4-5,7-8H2,1H3. The third kappa shape index (κ3) is 4.70. The highest BCUT2D eigenvalue weighted by molar-refractivity contribution is 6.36. The average molecular weight is 410 g/mol. The van der Waals surface area contributed by atoms with Crippen LogP contribution in [0.2, 0.25) is 10.0 Å². The molecule has 0 aliphatic carbocycles. The van der Waals surface area contributed by atoms with Crippen molar-refractivity contribution in [3.63, 3.8) is 0 Å². The molecule has 2 heterocycles. The van der Waals surface area contributed by atoms with E-state index in [0.717, 1.165) is 0 Å². The van der Waals surface area contributed by atoms with E-state index in [9.17, 15) is 9.59 Å². The third-order valence-electron chi connectivity index (χ3n) is 4.17. The second-order valence-corrected chi connectivity index (χ2v) is 6.81. The number of cyclic esters (lactones) is 1. The highest BCUT2D eigenvalue weighted by Crippen LogP contribution is 2.32. The minimum absolute atomic E-state index is 0.0295. The van der Waals surface area contributed by atoms with Crippen molar-refractivity contribution in [3.8, 4) is 11.5 Å². The number of pyridine rings is 1. The summed E-state index contributed by atoms with van der Waals surface area (Å²) in [6.07, 6.45) is 3.33. The zero-order chi connectivity index (χ0) is 19.4. The van der Waals surface area contributed by atoms with Crippen molar-refractivity contribution in [1.82, 2.24) is 4.98 Å². The van der Waals surface area contributed by atoms with Gasteiger partial charge in [0.15, 0.2) is 17.3 Å². The summed E-state index contributed by atoms with van der Waals surface area (Å²) in [7, 11) is 1.51. The molecule has 0 bridgehead atoms. The summed E-state index contributed by atoms with van der Waals surface area (Å²) in [6.45, 7) is 0.309. The van der Waals surface area contributed by atoms with Gasteiger partial charge >= 0.3 is 5.97 Å². The van der Waals surface area contributed by atoms with Crippen molar-refractivity contribution in [2.75, 3.05) is 13.7 Å². The van der Waals surface area contributed by atoms with E-state index in [2.05, 4.69) is 4.98 Å². The maximum absolute atomic E-state index is 12.7. The van der Waals surface area contributed by atoms with Crippen LogP contribution in [0.1, 0.15) is 28.8 Å². The molecule has 2 aromatic rings. The number of ether oxygens (including phenoxy) is 3. The second kappa shape index (κ2) is 8.59. The largest absolute Gasteiger partial charge is 0.493 e. The van der Waals surface area contributed by atoms with Gasteiger partial charge in [-0.15, -0.1) is 0 Å². The zero-order valence-corrected chi connectivity index (χ0v) is 16.0. The van der Waals surface area contributed by atoms with Crippen molar-refractivity contribution in [2.24, 2.45) is 0 Å². The first kappa shape index (κ1) is 19.5. The van der Waals surface area contributed by atoms with Crippen LogP contribution < -0.4 is 9.47 Å². The maximum Gasteiger partial charge on any atom is 0.309 e. The maximum atomic E-state index is 12.7. The van der Waals surface area contributed by atoms with Gasteiger partial charge in [-0.3, -0.25) is 14.6 Å². The second-order valence-electron chi connectivity index (χ2n) is 6.00. The molecule has 3 rings (SSSR count). The predicted molar refractivity (Wildman–Crippen MR) is 99.9 cm³/mol. The van der Waals surface area contributed by atoms with E-state index in [0.29, 0.717) is 45.7 Å². The Balaban J connectivity index is 1.81. The molecule has 142 valence electrons. The molecule has 1 aromatic heterocycles. The Morgan fingerprint density at radius 2 is 2.00 bits per heavy atom. The number of aromatic nitrogens is 1. The molecular formula is C19H17Cl2NO5. The average Bonchev–Trinajstić information content (AvgIpc) is 2.64. The summed E-state index contributed by atoms with van der Waals surface area (Å²) in [5, 5.41) is 0.670. The van der Waals surface area contributed by atoms with Crippen LogP contribution >= 0.6 is 23.2 Å². The first-order valence-corrected chi connectivity index (χ1v) is 9.05. The minimum Gasteiger partial charge on any atom is -0.493 e. The number of methoxy groups -OCH3 is 1. The number of rotatable bonds is 6. The minimum atomic E-state index is -0.324. The van der Waals surface area contributed by atoms with Crippen molar-refractivity contribution in [3.05, 3.63) is 51.8 Å². The molecule has 0 saturated carbocycles. The first-order chi connectivity index (χ1) is 13.0. The molecule has 1 atom stereocenters. The number of hydrogen-bond donors (Lipinski definition) is 0. The lowest BCUT2D eigenvalue weighted by atomic mass is 10.0. The van der Waals surface area contributed by atoms with Gasteiger partial charge in [0.25, 0.3) is 0 Å². The third-order valence-corrected chi connectivity index (χ3v) is 4.82. The number of ketones is 1. The molecule has 8 heteroatoms. The summed E-state index contributed by atoms with van der Waals surface area (Å²) < 4.78 is 16.1. The molecule has 1 unspecified atom stereocenters. The summed E-state index contributed by atoms with van der Waals surface area (Å²) in [5.41, 5.74) is 0.944. The Kier molecular flexibility index (Phi) is 6.19. The topological polar surface area (TPSA) is 74.7 Å². The van der Waals surface area contributed by atoms with E-state index in [1.807, 2.05) is 0 Å². The van der Waals surface area contributed by atoms with Gasteiger partial charge in [-0.2, -0.15) is 0 Å². The van der Waals surface area contributed by atoms with Gasteiger partial charge in [-0.05, 0) is 18.2 Å². The van der Waals surface area contributed by atoms with Crippen LogP contribution in [0, 0.1) is 0 Å². The van der Waals surface area contributed by atoms with Crippen molar-refractivity contribution >= 4 is 35.0 Å². The number of nitrogens with zero attached hydrogens (tertiary/aromatic N) is 1. The molecule has 1 saturated heterocycles. The Labute approximate surface area is 166 Å². The Bertz CT molecular complexity index is 851. The molecule has 1 aliphatic heterocycles. The fraction of sp³-hybridized carbons (Fsp3) is 0.316. The number of carbonyl (C=O) groups is 2. The molecule has 1 aromatic carbocycles. The Hall–Kier alpha value is -2.31. The van der Waals surface area contributed by atoms with E-state index >= 15 is 0 Å². The van der Waals surface area contributed by atoms with Crippen molar-refractivity contribution < 1.29 is 23.8 Å². The number of hydrogen-bond acceptors (Lipinski definition) is 6. The lowest BCUT2D eigenvalue weighted by Crippen LogP contribution is -2.29. The van der Waals surface area contributed by atoms with Gasteiger partial charge in [-0.25, -0.2) is 0 Å². The molecule has 0 amide bonds. The smallest absolute Gasteiger partial charge is 0.309 e. The van der Waals surface area contributed by atoms with E-state index in [1.54, 1.807) is 18.2 Å². The van der Waals surface area contributed by atoms with Crippen LogP contribution in [0.15, 0.2) is 30.6 Å². The highest BCUT2D eigenvalue weighted by atomic mass is 35.5. The normalized spacial score (nSPS) is 16.6. The molecule has 6 nitrogen and oxygen atoms in total. The molecular weight excluding hydrogens is 393 g/mol. The van der Waals surface area contributed by atoms with Crippen LogP contribution in [-0.2, 0) is 16.0 Å². The fourth-order valence-electron chi connectivity index (χ4n) is 2.74. The predicted octanol–water partition coefficient (Wildman–Crippen LogP) is 3.91. The number of esters is 1. The van der Waals surface area contributed by atoms with Crippen molar-refractivity contribution in [2.45, 2.75) is 25.4 Å². The highest BCUT2D eigenvalue weighted by Gasteiger charge is 2.24. The summed E-state index contributed by atoms with van der Waals surface area (Å²) in [4.78, 5) is 28.0. The summed E-state index contributed by atoms with van der Waals surface area (Å²) >= 11 is 12.2. The zero-order valence-electron chi connectivity index (χ0n) is 14.5. The van der Waals surface area contributed by atoms with Gasteiger partial charge in [-0.1, -0.05) is 23.2 Å². The van der Waals surface area contributed by atoms with Gasteiger partial charge < -0.3 is 14.2 Å². The number of Topliss-reactive ketones (excluding diaryl/α,β-unsaturated/α-hetero) is 1. The van der Waals surface area contributed by atoms with E-state index < -0.39 is 0 Å². The van der Waals surface area contributed by atoms with Crippen LogP contribution in [0.5, 0.6) is 11.5 Å². The van der Waals surface area contributed by atoms with Crippen LogP contribution in [0.4, 0.5) is 0 Å². The molecule has 0 spiro atoms. The van der Waals surface area contributed by atoms with E-state index in [1.165, 1.54) is 19.5 Å². The Morgan fingerprint density at radius 1 is 1.26 bits per heavy atom. The van der Waals surface area contributed by atoms with Crippen LogP contribution in [0.25, 0.3) is 0 Å². The van der Waals surface area contributed by atoms with Gasteiger partial charge in [0.2, 0.25) is 0 Å². The Morgan fingerprint density at radius 3 is 2.67 bits per heavy atom. The molecule has 1 fully saturated rings. The SMILES string of the molecule is COc1ccc(C(=O)Cc2c(Cl)cncc2Cl)cc1OC1CCOC(=O)C1. The molecule has 0 radical (unpaired) electrons. The molecule has 0 N–H and O–H groups in total. The van der Waals surface area contributed by atoms with Gasteiger partial charge in [0, 0.05) is 36.4 Å². The molecule has 1 aliphatic rings. The number of benzene rings is 1. The van der Waals surface area contributed by atoms with E-state index in [-0.39, 0.29) is 30.7 Å². The van der Waals surface area contributed by atoms with Crippen LogP contribution in [-0.4, -0.2) is 36.6 Å². The monoisotopic (exact) mass is 409 g/mol. The lowest BCUT2D eigenvalue weighted by Gasteiger charge is -2.23. The number of halogens is 2. The van der Waals surface area contributed by atoms with Crippen LogP contribution in [0.3, 0.4) is 0 Å². The summed E-state index contributed by atoms with van der Waals surface area (Å²) in [6, 6.07) is 4.90.